The number of nitrogens with zero attached hydrogens (tertiary/aromatic N) is 4. The van der Waals surface area contributed by atoms with Gasteiger partial charge in [0.05, 0.1) is 16.6 Å². The number of nitrogens with two attached hydrogens (primary N) is 1. The van der Waals surface area contributed by atoms with E-state index in [2.05, 4.69) is 41.0 Å². The molecule has 8 heteroatoms. The van der Waals surface area contributed by atoms with Crippen LogP contribution in [0, 0.1) is 0 Å². The first kappa shape index (κ1) is 21.1. The molecule has 1 atom stereocenters. The molecule has 0 aliphatic carbocycles. The van der Waals surface area contributed by atoms with Gasteiger partial charge in [0.25, 0.3) is 0 Å². The van der Waals surface area contributed by atoms with Crippen LogP contribution in [0.15, 0.2) is 60.9 Å². The molecule has 3 aromatic heterocycles. The van der Waals surface area contributed by atoms with Gasteiger partial charge in [0.2, 0.25) is 0 Å². The highest BCUT2D eigenvalue weighted by Gasteiger charge is 2.24. The summed E-state index contributed by atoms with van der Waals surface area (Å²) in [5.74, 6) is 0.401. The highest BCUT2D eigenvalue weighted by Crippen LogP contribution is 2.34. The Morgan fingerprint density at radius 2 is 1.88 bits per heavy atom. The third kappa shape index (κ3) is 3.94. The number of hydrogen-bond donors (Lipinski definition) is 4. The molecule has 1 unspecified atom stereocenters. The van der Waals surface area contributed by atoms with Gasteiger partial charge in [-0.3, -0.25) is 5.32 Å². The summed E-state index contributed by atoms with van der Waals surface area (Å²) >= 11 is 0. The van der Waals surface area contributed by atoms with Crippen LogP contribution in [0.2, 0.25) is 0 Å². The van der Waals surface area contributed by atoms with Crippen molar-refractivity contribution in [1.29, 1.82) is 0 Å². The van der Waals surface area contributed by atoms with E-state index in [1.165, 1.54) is 6.33 Å². The van der Waals surface area contributed by atoms with Crippen LogP contribution in [0.4, 0.5) is 5.82 Å². The summed E-state index contributed by atoms with van der Waals surface area (Å²) in [6, 6.07) is 18.0. The van der Waals surface area contributed by atoms with E-state index in [0.717, 1.165) is 33.1 Å². The number of fused-ring (bicyclic) bond motifs is 2. The van der Waals surface area contributed by atoms with Crippen molar-refractivity contribution in [3.63, 3.8) is 0 Å². The Balaban J connectivity index is 1.50. The molecule has 0 amide bonds. The van der Waals surface area contributed by atoms with Crippen molar-refractivity contribution in [3.05, 3.63) is 72.2 Å². The lowest BCUT2D eigenvalue weighted by atomic mass is 10.1. The standard InChI is InChI=1S/C25H27N7O/c1-25(2,3)32-23-20(22(26)28-14-29-23)21(31-32)17-10-9-16-11-19(30-18(16)12-17)24(33)27-13-15-7-5-4-6-8-15/h4-12,14,24,27,30,33H,13H2,1-3H3,(H2,26,28,29). The summed E-state index contributed by atoms with van der Waals surface area (Å²) < 4.78 is 1.89. The summed E-state index contributed by atoms with van der Waals surface area (Å²) in [6.45, 7) is 6.79. The van der Waals surface area contributed by atoms with Gasteiger partial charge in [-0.25, -0.2) is 14.6 Å². The molecule has 0 bridgehead atoms. The Bertz CT molecular complexity index is 1430. The zero-order chi connectivity index (χ0) is 23.2. The first-order valence-corrected chi connectivity index (χ1v) is 10.9. The molecule has 0 spiro atoms. The van der Waals surface area contributed by atoms with E-state index in [1.807, 2.05) is 59.3 Å². The van der Waals surface area contributed by atoms with Crippen LogP contribution in [0.1, 0.15) is 38.3 Å². The number of aliphatic hydroxyl groups excluding tert-OH is 1. The average Bonchev–Trinajstić information content (AvgIpc) is 3.40. The zero-order valence-corrected chi connectivity index (χ0v) is 18.9. The molecule has 0 saturated carbocycles. The summed E-state index contributed by atoms with van der Waals surface area (Å²) in [7, 11) is 0. The van der Waals surface area contributed by atoms with Crippen LogP contribution < -0.4 is 11.1 Å². The van der Waals surface area contributed by atoms with Crippen molar-refractivity contribution in [2.45, 2.75) is 39.1 Å². The molecule has 8 nitrogen and oxygen atoms in total. The smallest absolute Gasteiger partial charge is 0.164 e. The molecule has 0 saturated heterocycles. The molecule has 5 aromatic rings. The number of benzene rings is 2. The lowest BCUT2D eigenvalue weighted by molar-refractivity contribution is 0.133. The number of nitrogens with one attached hydrogen (secondary N) is 2. The predicted molar refractivity (Wildman–Crippen MR) is 130 cm³/mol. The number of anilines is 1. The Morgan fingerprint density at radius 3 is 2.64 bits per heavy atom. The van der Waals surface area contributed by atoms with Gasteiger partial charge in [-0.1, -0.05) is 42.5 Å². The molecule has 2 aromatic carbocycles. The van der Waals surface area contributed by atoms with Gasteiger partial charge in [0.15, 0.2) is 5.65 Å². The second-order valence-corrected chi connectivity index (χ2v) is 9.18. The van der Waals surface area contributed by atoms with Gasteiger partial charge in [-0.15, -0.1) is 0 Å². The normalized spacial score (nSPS) is 13.1. The molecule has 0 aliphatic rings. The summed E-state index contributed by atoms with van der Waals surface area (Å²) in [6.07, 6.45) is 0.654. The molecule has 5 rings (SSSR count). The number of nitrogen functional groups attached to an aromatic ring is 1. The fourth-order valence-electron chi connectivity index (χ4n) is 4.01. The van der Waals surface area contributed by atoms with Crippen molar-refractivity contribution in [3.8, 4) is 11.3 Å². The van der Waals surface area contributed by atoms with Crippen LogP contribution >= 0.6 is 0 Å². The Kier molecular flexibility index (Phi) is 5.11. The predicted octanol–water partition coefficient (Wildman–Crippen LogP) is 4.09. The quantitative estimate of drug-likeness (QED) is 0.305. The minimum Gasteiger partial charge on any atom is -0.383 e. The largest absolute Gasteiger partial charge is 0.383 e. The number of hydrogen-bond acceptors (Lipinski definition) is 6. The van der Waals surface area contributed by atoms with Gasteiger partial charge in [-0.2, -0.15) is 5.10 Å². The van der Waals surface area contributed by atoms with E-state index >= 15 is 0 Å². The third-order valence-electron chi connectivity index (χ3n) is 5.68. The monoisotopic (exact) mass is 441 g/mol. The van der Waals surface area contributed by atoms with Gasteiger partial charge in [0, 0.05) is 17.6 Å². The fraction of sp³-hybridized carbons (Fsp3) is 0.240. The van der Waals surface area contributed by atoms with Crippen molar-refractivity contribution in [1.82, 2.24) is 30.0 Å². The number of aromatic amines is 1. The van der Waals surface area contributed by atoms with Crippen LogP contribution in [0.3, 0.4) is 0 Å². The van der Waals surface area contributed by atoms with Crippen molar-refractivity contribution < 1.29 is 5.11 Å². The topological polar surface area (TPSA) is 118 Å². The molecule has 0 radical (unpaired) electrons. The molecular formula is C25H27N7O. The van der Waals surface area contributed by atoms with Crippen molar-refractivity contribution in [2.24, 2.45) is 0 Å². The number of rotatable bonds is 5. The minimum absolute atomic E-state index is 0.268. The maximum atomic E-state index is 10.6. The summed E-state index contributed by atoms with van der Waals surface area (Å²) in [5.41, 5.74) is 11.0. The third-order valence-corrected chi connectivity index (χ3v) is 5.68. The zero-order valence-electron chi connectivity index (χ0n) is 18.9. The van der Waals surface area contributed by atoms with Crippen LogP contribution in [-0.4, -0.2) is 29.8 Å². The SMILES string of the molecule is CC(C)(C)n1nc(-c2ccc3cc(C(O)NCc4ccccc4)[nH]c3c2)c2c(N)ncnc21. The first-order valence-electron chi connectivity index (χ1n) is 10.9. The number of H-pyrrole nitrogens is 1. The Hall–Kier alpha value is -3.75. The molecular weight excluding hydrogens is 414 g/mol. The molecule has 33 heavy (non-hydrogen) atoms. The lowest BCUT2D eigenvalue weighted by Gasteiger charge is -2.19. The second kappa shape index (κ2) is 7.99. The van der Waals surface area contributed by atoms with E-state index in [0.29, 0.717) is 23.7 Å². The summed E-state index contributed by atoms with van der Waals surface area (Å²) in [5, 5.41) is 20.4. The van der Waals surface area contributed by atoms with Gasteiger partial charge >= 0.3 is 0 Å². The number of aromatic nitrogens is 5. The molecule has 168 valence electrons. The fourth-order valence-corrected chi connectivity index (χ4v) is 4.01. The van der Waals surface area contributed by atoms with E-state index in [1.54, 1.807) is 0 Å². The first-order chi connectivity index (χ1) is 15.8. The lowest BCUT2D eigenvalue weighted by Crippen LogP contribution is -2.23. The molecule has 5 N–H and O–H groups in total. The maximum Gasteiger partial charge on any atom is 0.164 e. The molecule has 0 aliphatic heterocycles. The highest BCUT2D eigenvalue weighted by atomic mass is 16.3. The van der Waals surface area contributed by atoms with Crippen molar-refractivity contribution >= 4 is 27.8 Å². The Morgan fingerprint density at radius 1 is 1.09 bits per heavy atom. The minimum atomic E-state index is -0.814. The van der Waals surface area contributed by atoms with Crippen LogP contribution in [0.25, 0.3) is 33.2 Å². The average molecular weight is 442 g/mol. The summed E-state index contributed by atoms with van der Waals surface area (Å²) in [4.78, 5) is 12.0. The van der Waals surface area contributed by atoms with E-state index in [-0.39, 0.29) is 5.54 Å². The second-order valence-electron chi connectivity index (χ2n) is 9.18. The van der Waals surface area contributed by atoms with Gasteiger partial charge < -0.3 is 15.8 Å². The highest BCUT2D eigenvalue weighted by molar-refractivity contribution is 6.00. The number of aliphatic hydroxyl groups is 1. The van der Waals surface area contributed by atoms with Gasteiger partial charge in [0.1, 0.15) is 24.1 Å². The van der Waals surface area contributed by atoms with Crippen LogP contribution in [0.5, 0.6) is 0 Å². The van der Waals surface area contributed by atoms with Gasteiger partial charge in [-0.05, 0) is 43.9 Å². The molecule has 3 heterocycles. The van der Waals surface area contributed by atoms with E-state index in [4.69, 9.17) is 10.8 Å². The maximum absolute atomic E-state index is 10.6. The van der Waals surface area contributed by atoms with E-state index in [9.17, 15) is 5.11 Å². The van der Waals surface area contributed by atoms with Crippen molar-refractivity contribution in [2.75, 3.05) is 5.73 Å². The Labute approximate surface area is 191 Å². The van der Waals surface area contributed by atoms with E-state index < -0.39 is 6.23 Å². The van der Waals surface area contributed by atoms with Crippen LogP contribution in [-0.2, 0) is 12.1 Å². The molecule has 0 fully saturated rings.